The highest BCUT2D eigenvalue weighted by Crippen LogP contribution is 2.27. The molecule has 0 radical (unpaired) electrons. The van der Waals surface area contributed by atoms with Gasteiger partial charge in [-0.15, -0.1) is 0 Å². The van der Waals surface area contributed by atoms with Crippen molar-refractivity contribution in [2.24, 2.45) is 5.41 Å². The highest BCUT2D eigenvalue weighted by Gasteiger charge is 2.38. The van der Waals surface area contributed by atoms with E-state index in [2.05, 4.69) is 5.32 Å². The first-order valence-electron chi connectivity index (χ1n) is 12.3. The van der Waals surface area contributed by atoms with Gasteiger partial charge in [0.2, 0.25) is 15.9 Å². The zero-order valence-corrected chi connectivity index (χ0v) is 22.5. The Labute approximate surface area is 217 Å². The molecule has 1 amide bonds. The number of aromatic carboxylic acids is 1. The predicted octanol–water partition coefficient (Wildman–Crippen LogP) is 4.10. The van der Waals surface area contributed by atoms with E-state index in [1.54, 1.807) is 13.8 Å². The van der Waals surface area contributed by atoms with Gasteiger partial charge in [0.15, 0.2) is 0 Å². The zero-order chi connectivity index (χ0) is 27.4. The average molecular weight is 535 g/mol. The van der Waals surface area contributed by atoms with Crippen molar-refractivity contribution in [3.05, 3.63) is 59.2 Å². The second kappa shape index (κ2) is 11.6. The summed E-state index contributed by atoms with van der Waals surface area (Å²) in [4.78, 5) is 23.8. The van der Waals surface area contributed by atoms with Crippen LogP contribution in [-0.4, -0.2) is 61.6 Å². The van der Waals surface area contributed by atoms with Gasteiger partial charge in [0.1, 0.15) is 11.9 Å². The number of rotatable bonds is 10. The number of ether oxygens (including phenoxy) is 1. The third-order valence-corrected chi connectivity index (χ3v) is 8.60. The number of carbonyl (C=O) groups is 2. The minimum Gasteiger partial charge on any atom is -0.493 e. The Bertz CT molecular complexity index is 1230. The molecule has 0 bridgehead atoms. The number of aryl methyl sites for hydroxylation is 2. The maximum Gasteiger partial charge on any atom is 0.335 e. The summed E-state index contributed by atoms with van der Waals surface area (Å²) in [6, 6.07) is 10.0. The van der Waals surface area contributed by atoms with Crippen molar-refractivity contribution in [2.75, 3.05) is 19.7 Å². The van der Waals surface area contributed by atoms with Crippen LogP contribution in [0.2, 0.25) is 0 Å². The number of alkyl halides is 1. The van der Waals surface area contributed by atoms with E-state index in [4.69, 9.17) is 9.84 Å². The molecule has 0 aliphatic carbocycles. The third-order valence-electron chi connectivity index (χ3n) is 6.72. The molecule has 0 saturated carbocycles. The van der Waals surface area contributed by atoms with Gasteiger partial charge in [0.05, 0.1) is 23.1 Å². The predicted molar refractivity (Wildman–Crippen MR) is 138 cm³/mol. The number of hydrogen-bond donors (Lipinski definition) is 2. The van der Waals surface area contributed by atoms with Crippen LogP contribution in [0.4, 0.5) is 4.39 Å². The van der Waals surface area contributed by atoms with Gasteiger partial charge < -0.3 is 15.2 Å². The lowest BCUT2D eigenvalue weighted by molar-refractivity contribution is -0.131. The number of carbonyl (C=O) groups excluding carboxylic acids is 1. The van der Waals surface area contributed by atoms with Crippen molar-refractivity contribution in [1.82, 2.24) is 9.62 Å². The van der Waals surface area contributed by atoms with Crippen LogP contribution in [-0.2, 0) is 14.8 Å². The Morgan fingerprint density at radius 3 is 2.46 bits per heavy atom. The van der Waals surface area contributed by atoms with Crippen molar-refractivity contribution in [2.45, 2.75) is 64.1 Å². The van der Waals surface area contributed by atoms with E-state index in [9.17, 15) is 18.0 Å². The first-order chi connectivity index (χ1) is 17.3. The molecule has 0 spiro atoms. The van der Waals surface area contributed by atoms with Crippen molar-refractivity contribution in [3.63, 3.8) is 0 Å². The van der Waals surface area contributed by atoms with Gasteiger partial charge in [0.25, 0.3) is 0 Å². The van der Waals surface area contributed by atoms with E-state index in [0.29, 0.717) is 19.4 Å². The number of carboxylic acid groups (broad SMARTS) is 1. The summed E-state index contributed by atoms with van der Waals surface area (Å²) < 4.78 is 47.7. The number of hydrogen-bond acceptors (Lipinski definition) is 5. The first-order valence-corrected chi connectivity index (χ1v) is 13.7. The van der Waals surface area contributed by atoms with Crippen molar-refractivity contribution >= 4 is 21.9 Å². The lowest BCUT2D eigenvalue weighted by Gasteiger charge is -2.36. The quantitative estimate of drug-likeness (QED) is 0.444. The van der Waals surface area contributed by atoms with E-state index in [1.807, 2.05) is 32.0 Å². The summed E-state index contributed by atoms with van der Waals surface area (Å²) in [5.41, 5.74) is 1.36. The maximum absolute atomic E-state index is 15.0. The Kier molecular flexibility index (Phi) is 8.96. The summed E-state index contributed by atoms with van der Waals surface area (Å²) >= 11 is 0. The van der Waals surface area contributed by atoms with Gasteiger partial charge in [-0.25, -0.2) is 17.6 Å². The van der Waals surface area contributed by atoms with E-state index in [0.717, 1.165) is 21.2 Å². The molecule has 1 fully saturated rings. The molecule has 1 aliphatic heterocycles. The monoisotopic (exact) mass is 534 g/mol. The van der Waals surface area contributed by atoms with E-state index in [-0.39, 0.29) is 29.3 Å². The lowest BCUT2D eigenvalue weighted by Crippen LogP contribution is -2.55. The van der Waals surface area contributed by atoms with Crippen LogP contribution in [0.1, 0.15) is 54.6 Å². The van der Waals surface area contributed by atoms with Gasteiger partial charge in [-0.3, -0.25) is 4.79 Å². The normalized spacial score (nSPS) is 18.8. The number of nitrogens with one attached hydrogen (secondary N) is 1. The van der Waals surface area contributed by atoms with Crippen molar-refractivity contribution in [3.8, 4) is 5.75 Å². The molecule has 2 aromatic carbocycles. The van der Waals surface area contributed by atoms with Crippen LogP contribution in [0.5, 0.6) is 5.75 Å². The van der Waals surface area contributed by atoms with E-state index in [1.165, 1.54) is 24.3 Å². The van der Waals surface area contributed by atoms with Crippen LogP contribution in [0.3, 0.4) is 0 Å². The molecule has 3 rings (SSSR count). The number of carboxylic acids is 1. The minimum absolute atomic E-state index is 0.0387. The van der Waals surface area contributed by atoms with E-state index >= 15 is 4.39 Å². The highest BCUT2D eigenvalue weighted by molar-refractivity contribution is 7.89. The van der Waals surface area contributed by atoms with Crippen molar-refractivity contribution in [1.29, 1.82) is 0 Å². The molecule has 10 heteroatoms. The standard InChI is InChI=1S/C27H35FN2O6S/c1-18-6-7-19(2)24(16-18)36-15-5-13-27(3,4)26(33)29-23-12-14-30(17-22(23)28)37(34,35)21-10-8-20(9-11-21)25(31)32/h6-11,16,22-23H,5,12-15,17H2,1-4H3,(H,29,33)(H,31,32)/t22-,23-/m0/s1. The number of halogens is 1. The van der Waals surface area contributed by atoms with Crippen LogP contribution in [0.15, 0.2) is 47.4 Å². The number of benzene rings is 2. The molecule has 2 N–H and O–H groups in total. The highest BCUT2D eigenvalue weighted by atomic mass is 32.2. The summed E-state index contributed by atoms with van der Waals surface area (Å²) in [7, 11) is -3.99. The molecule has 0 aromatic heterocycles. The number of amides is 1. The van der Waals surface area contributed by atoms with E-state index < -0.39 is 40.2 Å². The lowest BCUT2D eigenvalue weighted by atomic mass is 9.86. The molecular formula is C27H35FN2O6S. The molecule has 8 nitrogen and oxygen atoms in total. The van der Waals surface area contributed by atoms with Gasteiger partial charge in [-0.2, -0.15) is 4.31 Å². The fourth-order valence-corrected chi connectivity index (χ4v) is 5.68. The number of nitrogens with zero attached hydrogens (tertiary/aromatic N) is 1. The topological polar surface area (TPSA) is 113 Å². The zero-order valence-electron chi connectivity index (χ0n) is 21.7. The summed E-state index contributed by atoms with van der Waals surface area (Å²) in [6.45, 7) is 7.68. The Hall–Kier alpha value is -2.98. The molecule has 2 atom stereocenters. The van der Waals surface area contributed by atoms with Gasteiger partial charge in [-0.1, -0.05) is 26.0 Å². The third kappa shape index (κ3) is 7.07. The Balaban J connectivity index is 1.51. The molecule has 202 valence electrons. The minimum atomic E-state index is -3.99. The fraction of sp³-hybridized carbons (Fsp3) is 0.481. The van der Waals surface area contributed by atoms with Gasteiger partial charge >= 0.3 is 5.97 Å². The molecule has 37 heavy (non-hydrogen) atoms. The van der Waals surface area contributed by atoms with Crippen LogP contribution < -0.4 is 10.1 Å². The molecule has 1 heterocycles. The summed E-state index contributed by atoms with van der Waals surface area (Å²) in [5, 5.41) is 11.8. The van der Waals surface area contributed by atoms with Crippen LogP contribution in [0.25, 0.3) is 0 Å². The Morgan fingerprint density at radius 1 is 1.16 bits per heavy atom. The fourth-order valence-electron chi connectivity index (χ4n) is 4.21. The molecular weight excluding hydrogens is 499 g/mol. The second-order valence-corrected chi connectivity index (χ2v) is 12.1. The summed E-state index contributed by atoms with van der Waals surface area (Å²) in [6.07, 6.45) is -0.260. The average Bonchev–Trinajstić information content (AvgIpc) is 2.85. The van der Waals surface area contributed by atoms with Crippen molar-refractivity contribution < 1.29 is 32.2 Å². The molecule has 0 unspecified atom stereocenters. The first kappa shape index (κ1) is 28.6. The summed E-state index contributed by atoms with van der Waals surface area (Å²) in [5.74, 6) is -0.629. The van der Waals surface area contributed by atoms with Gasteiger partial charge in [0, 0.05) is 18.5 Å². The Morgan fingerprint density at radius 2 is 1.84 bits per heavy atom. The van der Waals surface area contributed by atoms with Crippen LogP contribution >= 0.6 is 0 Å². The second-order valence-electron chi connectivity index (χ2n) is 10.2. The number of sulfonamides is 1. The SMILES string of the molecule is Cc1ccc(C)c(OCCCC(C)(C)C(=O)N[C@H]2CCN(S(=O)(=O)c3ccc(C(=O)O)cc3)C[C@@H]2F)c1. The smallest absolute Gasteiger partial charge is 0.335 e. The maximum atomic E-state index is 15.0. The molecule has 1 saturated heterocycles. The van der Waals surface area contributed by atoms with Crippen LogP contribution in [0, 0.1) is 19.3 Å². The molecule has 2 aromatic rings. The van der Waals surface area contributed by atoms with Gasteiger partial charge in [-0.05, 0) is 74.6 Å². The largest absolute Gasteiger partial charge is 0.493 e. The number of piperidine rings is 1. The molecule has 1 aliphatic rings.